The Hall–Kier alpha value is -1.55. The van der Waals surface area contributed by atoms with E-state index in [1.54, 1.807) is 0 Å². The zero-order chi connectivity index (χ0) is 16.1. The van der Waals surface area contributed by atoms with E-state index in [9.17, 15) is 4.79 Å². The first kappa shape index (κ1) is 16.8. The van der Waals surface area contributed by atoms with Crippen molar-refractivity contribution in [3.8, 4) is 0 Å². The van der Waals surface area contributed by atoms with E-state index in [0.717, 1.165) is 44.0 Å². The van der Waals surface area contributed by atoms with E-state index in [-0.39, 0.29) is 11.9 Å². The summed E-state index contributed by atoms with van der Waals surface area (Å²) in [5.41, 5.74) is 2.09. The number of para-hydroxylation sites is 2. The molecule has 1 aliphatic rings. The Morgan fingerprint density at radius 3 is 2.55 bits per heavy atom. The lowest BCUT2D eigenvalue weighted by atomic mass is 9.99. The molecule has 1 aromatic rings. The van der Waals surface area contributed by atoms with Crippen LogP contribution < -0.4 is 10.2 Å². The highest BCUT2D eigenvalue weighted by Gasteiger charge is 2.32. The summed E-state index contributed by atoms with van der Waals surface area (Å²) in [6.45, 7) is 12.4. The molecular formula is C18H29N3O. The third kappa shape index (κ3) is 3.80. The molecule has 1 heterocycles. The maximum atomic E-state index is 12.9. The fourth-order valence-electron chi connectivity index (χ4n) is 3.03. The molecule has 1 aliphatic heterocycles. The average molecular weight is 303 g/mol. The molecule has 1 unspecified atom stereocenters. The van der Waals surface area contributed by atoms with E-state index < -0.39 is 0 Å². The number of carbonyl (C=O) groups excluding carboxylic acids is 1. The number of rotatable bonds is 7. The number of hydrogen-bond acceptors (Lipinski definition) is 3. The van der Waals surface area contributed by atoms with E-state index in [0.29, 0.717) is 5.92 Å². The van der Waals surface area contributed by atoms with Crippen molar-refractivity contribution < 1.29 is 4.79 Å². The first-order valence-corrected chi connectivity index (χ1v) is 8.46. The van der Waals surface area contributed by atoms with Gasteiger partial charge in [-0.2, -0.15) is 0 Å². The number of benzene rings is 1. The maximum Gasteiger partial charge on any atom is 0.249 e. The summed E-state index contributed by atoms with van der Waals surface area (Å²) in [6, 6.07) is 8.03. The average Bonchev–Trinajstić information content (AvgIpc) is 2.50. The molecule has 1 aromatic carbocycles. The van der Waals surface area contributed by atoms with Gasteiger partial charge in [0, 0.05) is 13.1 Å². The van der Waals surface area contributed by atoms with E-state index >= 15 is 0 Å². The van der Waals surface area contributed by atoms with Gasteiger partial charge < -0.3 is 15.1 Å². The summed E-state index contributed by atoms with van der Waals surface area (Å²) in [5.74, 6) is 0.705. The van der Waals surface area contributed by atoms with Gasteiger partial charge in [-0.1, -0.05) is 39.8 Å². The molecule has 4 nitrogen and oxygen atoms in total. The van der Waals surface area contributed by atoms with Gasteiger partial charge in [-0.15, -0.1) is 0 Å². The Bertz CT molecular complexity index is 497. The Labute approximate surface area is 134 Å². The van der Waals surface area contributed by atoms with Crippen LogP contribution in [0.1, 0.15) is 34.1 Å². The van der Waals surface area contributed by atoms with Gasteiger partial charge in [-0.3, -0.25) is 4.79 Å². The highest BCUT2D eigenvalue weighted by atomic mass is 16.2. The standard InChI is InChI=1S/C18H29N3O/c1-5-20(6-2)11-12-21-17-10-8-7-9-15(17)19-16(18(21)22)13-14(3)4/h7-10,14,16,19H,5-6,11-13H2,1-4H3. The fraction of sp³-hybridized carbons (Fsp3) is 0.611. The van der Waals surface area contributed by atoms with Crippen LogP contribution in [0.5, 0.6) is 0 Å². The SMILES string of the molecule is CCN(CC)CCN1C(=O)C(CC(C)C)Nc2ccccc21. The molecule has 0 aromatic heterocycles. The van der Waals surface area contributed by atoms with Crippen molar-refractivity contribution in [1.29, 1.82) is 0 Å². The van der Waals surface area contributed by atoms with Gasteiger partial charge in [-0.25, -0.2) is 0 Å². The summed E-state index contributed by atoms with van der Waals surface area (Å²) in [6.07, 6.45) is 0.870. The minimum atomic E-state index is -0.105. The van der Waals surface area contributed by atoms with Gasteiger partial charge in [0.25, 0.3) is 0 Å². The van der Waals surface area contributed by atoms with Gasteiger partial charge in [0.15, 0.2) is 0 Å². The number of nitrogens with one attached hydrogen (secondary N) is 1. The van der Waals surface area contributed by atoms with Crippen LogP contribution in [0, 0.1) is 5.92 Å². The second-order valence-corrected chi connectivity index (χ2v) is 6.36. The number of nitrogens with zero attached hydrogens (tertiary/aromatic N) is 2. The topological polar surface area (TPSA) is 35.6 Å². The van der Waals surface area contributed by atoms with Crippen molar-refractivity contribution in [2.45, 2.75) is 40.2 Å². The minimum Gasteiger partial charge on any atom is -0.372 e. The highest BCUT2D eigenvalue weighted by Crippen LogP contribution is 2.32. The summed E-state index contributed by atoms with van der Waals surface area (Å²) < 4.78 is 0. The van der Waals surface area contributed by atoms with E-state index in [1.165, 1.54) is 0 Å². The fourth-order valence-corrected chi connectivity index (χ4v) is 3.03. The van der Waals surface area contributed by atoms with Crippen molar-refractivity contribution in [3.63, 3.8) is 0 Å². The molecule has 0 aliphatic carbocycles. The predicted octanol–water partition coefficient (Wildman–Crippen LogP) is 3.20. The molecule has 1 N–H and O–H groups in total. The maximum absolute atomic E-state index is 12.9. The smallest absolute Gasteiger partial charge is 0.249 e. The molecule has 1 amide bonds. The molecule has 0 saturated heterocycles. The molecular weight excluding hydrogens is 274 g/mol. The third-order valence-corrected chi connectivity index (χ3v) is 4.33. The summed E-state index contributed by atoms with van der Waals surface area (Å²) in [4.78, 5) is 17.2. The number of likely N-dealkylation sites (N-methyl/N-ethyl adjacent to an activating group) is 1. The predicted molar refractivity (Wildman–Crippen MR) is 93.4 cm³/mol. The number of hydrogen-bond donors (Lipinski definition) is 1. The largest absolute Gasteiger partial charge is 0.372 e. The lowest BCUT2D eigenvalue weighted by molar-refractivity contribution is -0.119. The minimum absolute atomic E-state index is 0.105. The van der Waals surface area contributed by atoms with Crippen molar-refractivity contribution in [1.82, 2.24) is 4.90 Å². The Kier molecular flexibility index (Phi) is 5.83. The van der Waals surface area contributed by atoms with Gasteiger partial charge in [0.2, 0.25) is 5.91 Å². The van der Waals surface area contributed by atoms with Crippen molar-refractivity contribution in [2.75, 3.05) is 36.4 Å². The third-order valence-electron chi connectivity index (χ3n) is 4.33. The molecule has 22 heavy (non-hydrogen) atoms. The van der Waals surface area contributed by atoms with Gasteiger partial charge >= 0.3 is 0 Å². The van der Waals surface area contributed by atoms with Crippen LogP contribution in [0.4, 0.5) is 11.4 Å². The summed E-state index contributed by atoms with van der Waals surface area (Å²) >= 11 is 0. The van der Waals surface area contributed by atoms with Gasteiger partial charge in [0.05, 0.1) is 11.4 Å². The Morgan fingerprint density at radius 1 is 1.23 bits per heavy atom. The molecule has 1 atom stereocenters. The zero-order valence-corrected chi connectivity index (χ0v) is 14.3. The van der Waals surface area contributed by atoms with Crippen molar-refractivity contribution in [2.24, 2.45) is 5.92 Å². The lowest BCUT2D eigenvalue weighted by Gasteiger charge is -2.37. The number of carbonyl (C=O) groups is 1. The van der Waals surface area contributed by atoms with Crippen LogP contribution in [0.25, 0.3) is 0 Å². The molecule has 0 saturated carbocycles. The summed E-state index contributed by atoms with van der Waals surface area (Å²) in [5, 5.41) is 3.42. The van der Waals surface area contributed by atoms with Crippen LogP contribution in [0.15, 0.2) is 24.3 Å². The van der Waals surface area contributed by atoms with Crippen LogP contribution >= 0.6 is 0 Å². The number of amides is 1. The molecule has 4 heteroatoms. The van der Waals surface area contributed by atoms with Crippen LogP contribution in [-0.2, 0) is 4.79 Å². The first-order valence-electron chi connectivity index (χ1n) is 8.46. The first-order chi connectivity index (χ1) is 10.6. The van der Waals surface area contributed by atoms with Crippen LogP contribution in [0.3, 0.4) is 0 Å². The second kappa shape index (κ2) is 7.63. The molecule has 0 bridgehead atoms. The summed E-state index contributed by atoms with van der Waals surface area (Å²) in [7, 11) is 0. The van der Waals surface area contributed by atoms with E-state index in [4.69, 9.17) is 0 Å². The molecule has 0 spiro atoms. The zero-order valence-electron chi connectivity index (χ0n) is 14.3. The quantitative estimate of drug-likeness (QED) is 0.840. The van der Waals surface area contributed by atoms with Gasteiger partial charge in [0.1, 0.15) is 6.04 Å². The molecule has 2 rings (SSSR count). The molecule has 122 valence electrons. The number of anilines is 2. The normalized spacial score (nSPS) is 17.8. The molecule has 0 radical (unpaired) electrons. The Balaban J connectivity index is 2.19. The van der Waals surface area contributed by atoms with Gasteiger partial charge in [-0.05, 0) is 37.6 Å². The van der Waals surface area contributed by atoms with Crippen molar-refractivity contribution >= 4 is 17.3 Å². The second-order valence-electron chi connectivity index (χ2n) is 6.36. The Morgan fingerprint density at radius 2 is 1.91 bits per heavy atom. The van der Waals surface area contributed by atoms with E-state index in [1.807, 2.05) is 23.1 Å². The van der Waals surface area contributed by atoms with Crippen LogP contribution in [0.2, 0.25) is 0 Å². The lowest BCUT2D eigenvalue weighted by Crippen LogP contribution is -2.50. The highest BCUT2D eigenvalue weighted by molar-refractivity contribution is 6.04. The number of fused-ring (bicyclic) bond motifs is 1. The van der Waals surface area contributed by atoms with Crippen molar-refractivity contribution in [3.05, 3.63) is 24.3 Å². The molecule has 0 fully saturated rings. The van der Waals surface area contributed by atoms with E-state index in [2.05, 4.69) is 44.0 Å². The monoisotopic (exact) mass is 303 g/mol. The van der Waals surface area contributed by atoms with Crippen LogP contribution in [-0.4, -0.2) is 43.0 Å².